The van der Waals surface area contributed by atoms with Crippen molar-refractivity contribution in [3.63, 3.8) is 0 Å². The number of thioether (sulfide) groups is 1. The first kappa shape index (κ1) is 12.3. The average Bonchev–Trinajstić information content (AvgIpc) is 2.31. The van der Waals surface area contributed by atoms with Crippen molar-refractivity contribution in [1.29, 1.82) is 0 Å². The van der Waals surface area contributed by atoms with E-state index in [1.54, 1.807) is 12.1 Å². The molecule has 1 nitrogen and oxygen atoms in total. The summed E-state index contributed by atoms with van der Waals surface area (Å²) in [4.78, 5) is 4.76. The van der Waals surface area contributed by atoms with Crippen LogP contribution in [-0.2, 0) is 5.75 Å². The van der Waals surface area contributed by atoms with E-state index in [1.807, 2.05) is 6.07 Å². The molecule has 88 valence electrons. The normalized spacial score (nSPS) is 10.5. The van der Waals surface area contributed by atoms with Crippen LogP contribution >= 0.6 is 23.4 Å². The summed E-state index contributed by atoms with van der Waals surface area (Å²) < 4.78 is 25.6. The van der Waals surface area contributed by atoms with Crippen molar-refractivity contribution in [2.24, 2.45) is 0 Å². The van der Waals surface area contributed by atoms with Crippen molar-refractivity contribution in [2.45, 2.75) is 10.6 Å². The van der Waals surface area contributed by atoms with Gasteiger partial charge in [0.15, 0.2) is 11.6 Å². The van der Waals surface area contributed by atoms with E-state index in [1.165, 1.54) is 23.9 Å². The minimum Gasteiger partial charge on any atom is -0.240 e. The number of hydrogen-bond donors (Lipinski definition) is 0. The Morgan fingerprint density at radius 2 is 1.94 bits per heavy atom. The highest BCUT2D eigenvalue weighted by Crippen LogP contribution is 2.24. The van der Waals surface area contributed by atoms with Crippen molar-refractivity contribution < 1.29 is 8.78 Å². The summed E-state index contributed by atoms with van der Waals surface area (Å²) in [5, 5.41) is 0.424. The standard InChI is InChI=1S/C12H8ClF2NS/c13-12-3-1-2-8(16-12)7-17-9-4-5-10(14)11(15)6-9/h1-6H,7H2. The zero-order chi connectivity index (χ0) is 12.3. The molecule has 0 saturated carbocycles. The molecule has 0 radical (unpaired) electrons. The molecule has 0 bridgehead atoms. The van der Waals surface area contributed by atoms with Gasteiger partial charge in [-0.15, -0.1) is 11.8 Å². The Labute approximate surface area is 107 Å². The summed E-state index contributed by atoms with van der Waals surface area (Å²) in [5.41, 5.74) is 0.798. The average molecular weight is 272 g/mol. The second-order valence-electron chi connectivity index (χ2n) is 3.32. The molecule has 1 aromatic heterocycles. The van der Waals surface area contributed by atoms with Gasteiger partial charge >= 0.3 is 0 Å². The van der Waals surface area contributed by atoms with Crippen LogP contribution in [0.3, 0.4) is 0 Å². The van der Waals surface area contributed by atoms with Crippen LogP contribution < -0.4 is 0 Å². The van der Waals surface area contributed by atoms with Crippen LogP contribution in [0.1, 0.15) is 5.69 Å². The second kappa shape index (κ2) is 5.47. The first-order valence-electron chi connectivity index (χ1n) is 4.84. The summed E-state index contributed by atoms with van der Waals surface area (Å²) in [6.45, 7) is 0. The lowest BCUT2D eigenvalue weighted by atomic mass is 10.3. The van der Waals surface area contributed by atoms with E-state index in [0.29, 0.717) is 15.8 Å². The third-order valence-corrected chi connectivity index (χ3v) is 3.29. The molecule has 0 unspecified atom stereocenters. The lowest BCUT2D eigenvalue weighted by Gasteiger charge is -2.02. The van der Waals surface area contributed by atoms with Gasteiger partial charge in [-0.3, -0.25) is 0 Å². The van der Waals surface area contributed by atoms with Gasteiger partial charge in [-0.25, -0.2) is 13.8 Å². The van der Waals surface area contributed by atoms with Crippen molar-refractivity contribution >= 4 is 23.4 Å². The molecule has 2 aromatic rings. The molecule has 1 aromatic carbocycles. The minimum absolute atomic E-state index is 0.424. The fraction of sp³-hybridized carbons (Fsp3) is 0.0833. The fourth-order valence-corrected chi connectivity index (χ4v) is 2.26. The SMILES string of the molecule is Fc1ccc(SCc2cccc(Cl)n2)cc1F. The maximum Gasteiger partial charge on any atom is 0.159 e. The second-order valence-corrected chi connectivity index (χ2v) is 4.75. The Balaban J connectivity index is 2.05. The van der Waals surface area contributed by atoms with E-state index in [0.717, 1.165) is 11.8 Å². The third-order valence-electron chi connectivity index (χ3n) is 2.05. The highest BCUT2D eigenvalue weighted by atomic mass is 35.5. The molecular formula is C12H8ClF2NS. The molecule has 2 rings (SSSR count). The predicted molar refractivity (Wildman–Crippen MR) is 65.2 cm³/mol. The predicted octanol–water partition coefficient (Wildman–Crippen LogP) is 4.31. The molecule has 0 N–H and O–H groups in total. The molecule has 0 aliphatic carbocycles. The molecule has 5 heteroatoms. The monoisotopic (exact) mass is 271 g/mol. The highest BCUT2D eigenvalue weighted by molar-refractivity contribution is 7.98. The van der Waals surface area contributed by atoms with Gasteiger partial charge < -0.3 is 0 Å². The van der Waals surface area contributed by atoms with Gasteiger partial charge in [-0.2, -0.15) is 0 Å². The lowest BCUT2D eigenvalue weighted by molar-refractivity contribution is 0.506. The van der Waals surface area contributed by atoms with Crippen molar-refractivity contribution in [3.05, 3.63) is 58.9 Å². The van der Waals surface area contributed by atoms with E-state index in [2.05, 4.69) is 4.98 Å². The maximum atomic E-state index is 12.9. The van der Waals surface area contributed by atoms with E-state index in [4.69, 9.17) is 11.6 Å². The number of hydrogen-bond acceptors (Lipinski definition) is 2. The summed E-state index contributed by atoms with van der Waals surface area (Å²) in [7, 11) is 0. The van der Waals surface area contributed by atoms with Crippen molar-refractivity contribution in [2.75, 3.05) is 0 Å². The zero-order valence-corrected chi connectivity index (χ0v) is 10.2. The van der Waals surface area contributed by atoms with Crippen molar-refractivity contribution in [3.8, 4) is 0 Å². The van der Waals surface area contributed by atoms with Crippen LogP contribution in [-0.4, -0.2) is 4.98 Å². The van der Waals surface area contributed by atoms with Crippen LogP contribution in [0.15, 0.2) is 41.3 Å². The van der Waals surface area contributed by atoms with E-state index in [9.17, 15) is 8.78 Å². The fourth-order valence-electron chi connectivity index (χ4n) is 1.25. The van der Waals surface area contributed by atoms with Crippen LogP contribution in [0.25, 0.3) is 0 Å². The molecule has 0 aliphatic rings. The Hall–Kier alpha value is -1.13. The van der Waals surface area contributed by atoms with Gasteiger partial charge in [-0.05, 0) is 30.3 Å². The van der Waals surface area contributed by atoms with Gasteiger partial charge in [0, 0.05) is 10.6 Å². The zero-order valence-electron chi connectivity index (χ0n) is 8.66. The summed E-state index contributed by atoms with van der Waals surface area (Å²) in [6, 6.07) is 9.14. The van der Waals surface area contributed by atoms with Crippen LogP contribution in [0.5, 0.6) is 0 Å². The Morgan fingerprint density at radius 1 is 1.12 bits per heavy atom. The number of pyridine rings is 1. The molecule has 0 fully saturated rings. The molecule has 17 heavy (non-hydrogen) atoms. The largest absolute Gasteiger partial charge is 0.240 e. The molecule has 0 amide bonds. The number of benzene rings is 1. The topological polar surface area (TPSA) is 12.9 Å². The van der Waals surface area contributed by atoms with E-state index < -0.39 is 11.6 Å². The molecule has 0 aliphatic heterocycles. The first-order valence-corrected chi connectivity index (χ1v) is 6.21. The first-order chi connectivity index (χ1) is 8.15. The smallest absolute Gasteiger partial charge is 0.159 e. The Kier molecular flexibility index (Phi) is 3.97. The number of rotatable bonds is 3. The van der Waals surface area contributed by atoms with E-state index in [-0.39, 0.29) is 0 Å². The van der Waals surface area contributed by atoms with Crippen LogP contribution in [0, 0.1) is 11.6 Å². The van der Waals surface area contributed by atoms with Crippen LogP contribution in [0.2, 0.25) is 5.15 Å². The van der Waals surface area contributed by atoms with Crippen LogP contribution in [0.4, 0.5) is 8.78 Å². The molecule has 0 saturated heterocycles. The Morgan fingerprint density at radius 3 is 2.65 bits per heavy atom. The number of aromatic nitrogens is 1. The van der Waals surface area contributed by atoms with Gasteiger partial charge in [-0.1, -0.05) is 17.7 Å². The quantitative estimate of drug-likeness (QED) is 0.610. The number of halogens is 3. The highest BCUT2D eigenvalue weighted by Gasteiger charge is 2.04. The van der Waals surface area contributed by atoms with E-state index >= 15 is 0 Å². The summed E-state index contributed by atoms with van der Waals surface area (Å²) in [6.07, 6.45) is 0. The third kappa shape index (κ3) is 3.41. The van der Waals surface area contributed by atoms with Gasteiger partial charge in [0.1, 0.15) is 5.15 Å². The molecular weight excluding hydrogens is 264 g/mol. The minimum atomic E-state index is -0.839. The van der Waals surface area contributed by atoms with Gasteiger partial charge in [0.2, 0.25) is 0 Å². The maximum absolute atomic E-state index is 12.9. The number of nitrogens with zero attached hydrogens (tertiary/aromatic N) is 1. The van der Waals surface area contributed by atoms with Gasteiger partial charge in [0.05, 0.1) is 5.69 Å². The molecule has 0 spiro atoms. The molecule has 0 atom stereocenters. The lowest BCUT2D eigenvalue weighted by Crippen LogP contribution is -1.88. The summed E-state index contributed by atoms with van der Waals surface area (Å²) >= 11 is 7.12. The molecule has 1 heterocycles. The summed E-state index contributed by atoms with van der Waals surface area (Å²) in [5.74, 6) is -1.12. The van der Waals surface area contributed by atoms with Crippen molar-refractivity contribution in [1.82, 2.24) is 4.98 Å². The van der Waals surface area contributed by atoms with Gasteiger partial charge in [0.25, 0.3) is 0 Å². The Bertz CT molecular complexity index is 534.